The van der Waals surface area contributed by atoms with E-state index < -0.39 is 5.82 Å². The van der Waals surface area contributed by atoms with Gasteiger partial charge in [0.2, 0.25) is 0 Å². The molecule has 22 heavy (non-hydrogen) atoms. The van der Waals surface area contributed by atoms with Crippen LogP contribution < -0.4 is 0 Å². The molecule has 0 aliphatic heterocycles. The average Bonchev–Trinajstić information content (AvgIpc) is 2.92. The molecule has 2 heterocycles. The van der Waals surface area contributed by atoms with Crippen LogP contribution in [0.25, 0.3) is 31.4 Å². The first-order valence-corrected chi connectivity index (χ1v) is 7.56. The lowest BCUT2D eigenvalue weighted by atomic mass is 10.1. The number of nitriles is 1. The van der Waals surface area contributed by atoms with Gasteiger partial charge in [0.25, 0.3) is 0 Å². The number of hydrogen-bond acceptors (Lipinski definition) is 3. The molecular formula is C18H9FN2S. The summed E-state index contributed by atoms with van der Waals surface area (Å²) in [7, 11) is 0. The van der Waals surface area contributed by atoms with E-state index >= 15 is 0 Å². The van der Waals surface area contributed by atoms with Gasteiger partial charge < -0.3 is 0 Å². The van der Waals surface area contributed by atoms with E-state index in [-0.39, 0.29) is 5.56 Å². The van der Waals surface area contributed by atoms with Crippen LogP contribution in [-0.2, 0) is 0 Å². The molecule has 0 aliphatic carbocycles. The molecule has 4 heteroatoms. The van der Waals surface area contributed by atoms with Gasteiger partial charge in [-0.15, -0.1) is 11.3 Å². The molecule has 2 aromatic carbocycles. The van der Waals surface area contributed by atoms with Crippen LogP contribution in [0.2, 0.25) is 0 Å². The summed E-state index contributed by atoms with van der Waals surface area (Å²) in [4.78, 5) is 4.40. The number of thiophene rings is 1. The van der Waals surface area contributed by atoms with E-state index in [1.54, 1.807) is 23.6 Å². The molecule has 0 aliphatic rings. The highest BCUT2D eigenvalue weighted by molar-refractivity contribution is 7.26. The minimum Gasteiger partial charge on any atom is -0.256 e. The number of pyridine rings is 1. The van der Waals surface area contributed by atoms with Gasteiger partial charge in [-0.25, -0.2) is 4.39 Å². The zero-order chi connectivity index (χ0) is 15.1. The van der Waals surface area contributed by atoms with Gasteiger partial charge in [0.15, 0.2) is 0 Å². The number of rotatable bonds is 1. The van der Waals surface area contributed by atoms with Crippen LogP contribution in [0, 0.1) is 17.1 Å². The van der Waals surface area contributed by atoms with Gasteiger partial charge in [-0.05, 0) is 24.3 Å². The Hall–Kier alpha value is -2.77. The van der Waals surface area contributed by atoms with Crippen LogP contribution >= 0.6 is 11.3 Å². The van der Waals surface area contributed by atoms with Crippen molar-refractivity contribution in [3.8, 4) is 17.3 Å². The third-order valence-electron chi connectivity index (χ3n) is 3.65. The molecule has 4 rings (SSSR count). The molecule has 104 valence electrons. The first-order valence-electron chi connectivity index (χ1n) is 6.74. The topological polar surface area (TPSA) is 36.7 Å². The SMILES string of the molecule is N#Cc1cc2sc3c(-c4ccccn4)cccc3c2cc1F. The summed E-state index contributed by atoms with van der Waals surface area (Å²) in [6.45, 7) is 0. The van der Waals surface area contributed by atoms with Gasteiger partial charge in [-0.1, -0.05) is 24.3 Å². The fraction of sp³-hybridized carbons (Fsp3) is 0. The Labute approximate surface area is 130 Å². The fourth-order valence-electron chi connectivity index (χ4n) is 2.63. The van der Waals surface area contributed by atoms with Crippen molar-refractivity contribution in [2.75, 3.05) is 0 Å². The standard InChI is InChI=1S/C18H9FN2S/c19-15-9-14-12-4-3-5-13(16-6-1-2-7-21-16)18(12)22-17(14)8-11(15)10-20/h1-9H. The number of fused-ring (bicyclic) bond motifs is 3. The maximum atomic E-state index is 13.9. The van der Waals surface area contributed by atoms with Crippen molar-refractivity contribution >= 4 is 31.5 Å². The van der Waals surface area contributed by atoms with Crippen molar-refractivity contribution in [3.63, 3.8) is 0 Å². The molecule has 2 aromatic heterocycles. The van der Waals surface area contributed by atoms with E-state index in [0.717, 1.165) is 31.4 Å². The molecule has 0 radical (unpaired) electrons. The van der Waals surface area contributed by atoms with E-state index in [4.69, 9.17) is 5.26 Å². The minimum atomic E-state index is -0.474. The molecule has 4 aromatic rings. The molecule has 0 saturated carbocycles. The van der Waals surface area contributed by atoms with Crippen molar-refractivity contribution in [1.82, 2.24) is 4.98 Å². The number of benzene rings is 2. The van der Waals surface area contributed by atoms with Gasteiger partial charge >= 0.3 is 0 Å². The van der Waals surface area contributed by atoms with Crippen LogP contribution in [0.4, 0.5) is 4.39 Å². The Balaban J connectivity index is 2.10. The largest absolute Gasteiger partial charge is 0.256 e. The molecule has 0 spiro atoms. The molecule has 2 nitrogen and oxygen atoms in total. The average molecular weight is 304 g/mol. The van der Waals surface area contributed by atoms with E-state index in [1.165, 1.54) is 6.07 Å². The zero-order valence-electron chi connectivity index (χ0n) is 11.4. The summed E-state index contributed by atoms with van der Waals surface area (Å²) >= 11 is 1.56. The number of hydrogen-bond donors (Lipinski definition) is 0. The lowest BCUT2D eigenvalue weighted by Gasteiger charge is -2.01. The Kier molecular flexibility index (Phi) is 2.88. The number of aromatic nitrogens is 1. The Morgan fingerprint density at radius 2 is 1.95 bits per heavy atom. The summed E-state index contributed by atoms with van der Waals surface area (Å²) in [5.74, 6) is -0.474. The van der Waals surface area contributed by atoms with Gasteiger partial charge in [-0.2, -0.15) is 5.26 Å². The summed E-state index contributed by atoms with van der Waals surface area (Å²) in [5, 5.41) is 10.8. The monoisotopic (exact) mass is 304 g/mol. The molecule has 0 atom stereocenters. The predicted molar refractivity (Wildman–Crippen MR) is 87.2 cm³/mol. The van der Waals surface area contributed by atoms with Crippen LogP contribution in [0.5, 0.6) is 0 Å². The highest BCUT2D eigenvalue weighted by Gasteiger charge is 2.13. The second-order valence-electron chi connectivity index (χ2n) is 4.94. The Morgan fingerprint density at radius 1 is 1.05 bits per heavy atom. The number of halogens is 1. The highest BCUT2D eigenvalue weighted by Crippen LogP contribution is 2.40. The lowest BCUT2D eigenvalue weighted by Crippen LogP contribution is -1.82. The normalized spacial score (nSPS) is 10.9. The molecule has 0 unspecified atom stereocenters. The van der Waals surface area contributed by atoms with Crippen molar-refractivity contribution < 1.29 is 4.39 Å². The summed E-state index contributed by atoms with van der Waals surface area (Å²) < 4.78 is 15.9. The van der Waals surface area contributed by atoms with E-state index in [9.17, 15) is 4.39 Å². The third kappa shape index (κ3) is 1.87. The molecule has 0 N–H and O–H groups in total. The van der Waals surface area contributed by atoms with Crippen molar-refractivity contribution in [1.29, 1.82) is 5.26 Å². The van der Waals surface area contributed by atoms with Gasteiger partial charge in [0.05, 0.1) is 11.3 Å². The first-order chi connectivity index (χ1) is 10.8. The quantitative estimate of drug-likeness (QED) is 0.489. The summed E-state index contributed by atoms with van der Waals surface area (Å²) in [6, 6.07) is 16.7. The highest BCUT2D eigenvalue weighted by atomic mass is 32.1. The number of nitrogens with zero attached hydrogens (tertiary/aromatic N) is 2. The zero-order valence-corrected chi connectivity index (χ0v) is 12.2. The maximum Gasteiger partial charge on any atom is 0.141 e. The van der Waals surface area contributed by atoms with Gasteiger partial charge in [0.1, 0.15) is 11.9 Å². The lowest BCUT2D eigenvalue weighted by molar-refractivity contribution is 0.626. The molecule has 0 bridgehead atoms. The summed E-state index contributed by atoms with van der Waals surface area (Å²) in [6.07, 6.45) is 1.76. The van der Waals surface area contributed by atoms with Crippen LogP contribution in [-0.4, -0.2) is 4.98 Å². The maximum absolute atomic E-state index is 13.9. The van der Waals surface area contributed by atoms with Crippen LogP contribution in [0.15, 0.2) is 54.7 Å². The minimum absolute atomic E-state index is 0.0819. The molecule has 0 fully saturated rings. The Morgan fingerprint density at radius 3 is 2.73 bits per heavy atom. The third-order valence-corrected chi connectivity index (χ3v) is 4.85. The van der Waals surface area contributed by atoms with Crippen molar-refractivity contribution in [2.24, 2.45) is 0 Å². The predicted octanol–water partition coefficient (Wildman–Crippen LogP) is 5.13. The fourth-order valence-corrected chi connectivity index (χ4v) is 3.87. The van der Waals surface area contributed by atoms with E-state index in [0.29, 0.717) is 0 Å². The smallest absolute Gasteiger partial charge is 0.141 e. The molecule has 0 amide bonds. The van der Waals surface area contributed by atoms with Gasteiger partial charge in [-0.3, -0.25) is 4.98 Å². The van der Waals surface area contributed by atoms with Crippen molar-refractivity contribution in [3.05, 3.63) is 66.1 Å². The molecular weight excluding hydrogens is 295 g/mol. The summed E-state index contributed by atoms with van der Waals surface area (Å²) in [5.41, 5.74) is 2.00. The Bertz CT molecular complexity index is 1050. The van der Waals surface area contributed by atoms with E-state index in [1.807, 2.05) is 42.5 Å². The van der Waals surface area contributed by atoms with Crippen LogP contribution in [0.3, 0.4) is 0 Å². The molecule has 0 saturated heterocycles. The second kappa shape index (κ2) is 4.90. The van der Waals surface area contributed by atoms with Gasteiger partial charge in [0, 0.05) is 31.9 Å². The second-order valence-corrected chi connectivity index (χ2v) is 5.99. The van der Waals surface area contributed by atoms with Crippen molar-refractivity contribution in [2.45, 2.75) is 0 Å². The van der Waals surface area contributed by atoms with Crippen LogP contribution in [0.1, 0.15) is 5.56 Å². The van der Waals surface area contributed by atoms with E-state index in [2.05, 4.69) is 4.98 Å². The first kappa shape index (κ1) is 12.9.